The molecule has 5 nitrogen and oxygen atoms in total. The zero-order chi connectivity index (χ0) is 20.4. The van der Waals surface area contributed by atoms with Crippen LogP contribution in [0.5, 0.6) is 0 Å². The Morgan fingerprint density at radius 1 is 0.967 bits per heavy atom. The summed E-state index contributed by atoms with van der Waals surface area (Å²) >= 11 is 0. The van der Waals surface area contributed by atoms with Gasteiger partial charge in [0.25, 0.3) is 0 Å². The lowest BCUT2D eigenvalue weighted by atomic mass is 9.85. The molecule has 1 atom stereocenters. The Labute approximate surface area is 181 Å². The van der Waals surface area contributed by atoms with E-state index in [9.17, 15) is 4.79 Å². The van der Waals surface area contributed by atoms with Crippen molar-refractivity contribution in [1.82, 2.24) is 19.7 Å². The van der Waals surface area contributed by atoms with Gasteiger partial charge >= 0.3 is 0 Å². The van der Waals surface area contributed by atoms with Crippen LogP contribution in [0.15, 0.2) is 24.5 Å². The molecule has 0 radical (unpaired) electrons. The summed E-state index contributed by atoms with van der Waals surface area (Å²) in [5.74, 6) is 0.712. The molecule has 1 aliphatic carbocycles. The number of aromatic nitrogens is 1. The van der Waals surface area contributed by atoms with Gasteiger partial charge in [0.05, 0.1) is 5.92 Å². The Balaban J connectivity index is 1.11. The molecule has 5 heteroatoms. The van der Waals surface area contributed by atoms with E-state index in [2.05, 4.69) is 31.8 Å². The minimum Gasteiger partial charge on any atom is -0.342 e. The number of hydrogen-bond donors (Lipinski definition) is 0. The molecule has 1 saturated carbocycles. The summed E-state index contributed by atoms with van der Waals surface area (Å²) < 4.78 is 0. The fraction of sp³-hybridized carbons (Fsp3) is 0.760. The van der Waals surface area contributed by atoms with Crippen molar-refractivity contribution in [2.24, 2.45) is 11.3 Å². The van der Waals surface area contributed by atoms with E-state index in [1.165, 1.54) is 63.5 Å². The SMILES string of the molecule is O=C([C@H]1CCCN(C2CCN(Cc3ccncc3)CC2)C1)N1CCC2(CCCC2)C1. The maximum absolute atomic E-state index is 13.3. The monoisotopic (exact) mass is 410 g/mol. The van der Waals surface area contributed by atoms with Crippen LogP contribution in [0, 0.1) is 11.3 Å². The standard InChI is InChI=1S/C25H38N4O/c30-24(29-17-11-25(20-29)9-1-2-10-25)22-4-3-14-28(19-22)23-7-15-27(16-8-23)18-21-5-12-26-13-6-21/h5-6,12-13,22-23H,1-4,7-11,14-20H2/t22-/m0/s1. The second-order valence-corrected chi connectivity index (χ2v) is 10.4. The quantitative estimate of drug-likeness (QED) is 0.761. The highest BCUT2D eigenvalue weighted by Gasteiger charge is 2.43. The topological polar surface area (TPSA) is 39.7 Å². The molecular formula is C25H38N4O. The first-order valence-corrected chi connectivity index (χ1v) is 12.3. The van der Waals surface area contributed by atoms with Crippen molar-refractivity contribution in [3.8, 4) is 0 Å². The van der Waals surface area contributed by atoms with E-state index in [-0.39, 0.29) is 5.92 Å². The van der Waals surface area contributed by atoms with Gasteiger partial charge in [-0.3, -0.25) is 19.6 Å². The van der Waals surface area contributed by atoms with Crippen LogP contribution in [0.2, 0.25) is 0 Å². The van der Waals surface area contributed by atoms with Crippen LogP contribution in [-0.2, 0) is 11.3 Å². The first kappa shape index (κ1) is 20.4. The van der Waals surface area contributed by atoms with Gasteiger partial charge in [-0.2, -0.15) is 0 Å². The molecule has 0 unspecified atom stereocenters. The highest BCUT2D eigenvalue weighted by atomic mass is 16.2. The molecule has 1 amide bonds. The number of carbonyl (C=O) groups is 1. The molecule has 1 spiro atoms. The lowest BCUT2D eigenvalue weighted by molar-refractivity contribution is -0.137. The van der Waals surface area contributed by atoms with Crippen molar-refractivity contribution in [3.63, 3.8) is 0 Å². The Hall–Kier alpha value is -1.46. The van der Waals surface area contributed by atoms with Gasteiger partial charge in [-0.15, -0.1) is 0 Å². The van der Waals surface area contributed by atoms with Crippen molar-refractivity contribution in [2.75, 3.05) is 39.3 Å². The molecular weight excluding hydrogens is 372 g/mol. The predicted molar refractivity (Wildman–Crippen MR) is 119 cm³/mol. The molecule has 0 bridgehead atoms. The van der Waals surface area contributed by atoms with Gasteiger partial charge in [-0.05, 0) is 87.7 Å². The number of nitrogens with zero attached hydrogens (tertiary/aromatic N) is 4. The molecule has 1 aromatic heterocycles. The summed E-state index contributed by atoms with van der Waals surface area (Å²) in [6.45, 7) is 7.61. The zero-order valence-electron chi connectivity index (χ0n) is 18.5. The van der Waals surface area contributed by atoms with E-state index >= 15 is 0 Å². The maximum Gasteiger partial charge on any atom is 0.226 e. The van der Waals surface area contributed by atoms with Crippen molar-refractivity contribution in [1.29, 1.82) is 0 Å². The fourth-order valence-corrected chi connectivity index (χ4v) is 6.64. The average molecular weight is 411 g/mol. The lowest BCUT2D eigenvalue weighted by Crippen LogP contribution is -2.51. The lowest BCUT2D eigenvalue weighted by Gasteiger charge is -2.42. The minimum absolute atomic E-state index is 0.241. The Bertz CT molecular complexity index is 709. The molecule has 4 aliphatic rings. The fourth-order valence-electron chi connectivity index (χ4n) is 6.64. The summed E-state index contributed by atoms with van der Waals surface area (Å²) in [6.07, 6.45) is 15.2. The van der Waals surface area contributed by atoms with E-state index in [1.807, 2.05) is 12.4 Å². The van der Waals surface area contributed by atoms with Gasteiger partial charge in [-0.1, -0.05) is 12.8 Å². The summed E-state index contributed by atoms with van der Waals surface area (Å²) in [5.41, 5.74) is 1.85. The van der Waals surface area contributed by atoms with Crippen LogP contribution in [0.1, 0.15) is 63.4 Å². The van der Waals surface area contributed by atoms with Crippen LogP contribution in [0.3, 0.4) is 0 Å². The maximum atomic E-state index is 13.3. The smallest absolute Gasteiger partial charge is 0.226 e. The van der Waals surface area contributed by atoms with E-state index in [0.717, 1.165) is 45.7 Å². The molecule has 0 aromatic carbocycles. The first-order valence-electron chi connectivity index (χ1n) is 12.3. The van der Waals surface area contributed by atoms with Crippen molar-refractivity contribution in [2.45, 2.75) is 70.4 Å². The molecule has 3 aliphatic heterocycles. The first-order chi connectivity index (χ1) is 14.7. The van der Waals surface area contributed by atoms with E-state index < -0.39 is 0 Å². The summed E-state index contributed by atoms with van der Waals surface area (Å²) in [7, 11) is 0. The number of piperidine rings is 2. The van der Waals surface area contributed by atoms with Crippen LogP contribution in [0.25, 0.3) is 0 Å². The Morgan fingerprint density at radius 3 is 2.50 bits per heavy atom. The van der Waals surface area contributed by atoms with Crippen LogP contribution < -0.4 is 0 Å². The number of amides is 1. The molecule has 5 rings (SSSR count). The third-order valence-electron chi connectivity index (χ3n) is 8.45. The Morgan fingerprint density at radius 2 is 1.73 bits per heavy atom. The average Bonchev–Trinajstić information content (AvgIpc) is 3.44. The second kappa shape index (κ2) is 8.96. The van der Waals surface area contributed by atoms with Crippen molar-refractivity contribution >= 4 is 5.91 Å². The molecule has 1 aromatic rings. The van der Waals surface area contributed by atoms with Crippen molar-refractivity contribution in [3.05, 3.63) is 30.1 Å². The van der Waals surface area contributed by atoms with Gasteiger partial charge in [0.2, 0.25) is 5.91 Å². The minimum atomic E-state index is 0.241. The second-order valence-electron chi connectivity index (χ2n) is 10.4. The number of likely N-dealkylation sites (tertiary alicyclic amines) is 3. The van der Waals surface area contributed by atoms with Gasteiger partial charge in [-0.25, -0.2) is 0 Å². The Kier molecular flexibility index (Phi) is 6.10. The molecule has 4 fully saturated rings. The van der Waals surface area contributed by atoms with E-state index in [0.29, 0.717) is 17.4 Å². The molecule has 30 heavy (non-hydrogen) atoms. The van der Waals surface area contributed by atoms with Gasteiger partial charge in [0.1, 0.15) is 0 Å². The summed E-state index contributed by atoms with van der Waals surface area (Å²) in [5, 5.41) is 0. The zero-order valence-corrected chi connectivity index (χ0v) is 18.5. The van der Waals surface area contributed by atoms with Gasteiger partial charge < -0.3 is 4.90 Å². The number of pyridine rings is 1. The molecule has 4 heterocycles. The third-order valence-corrected chi connectivity index (χ3v) is 8.45. The van der Waals surface area contributed by atoms with Gasteiger partial charge in [0, 0.05) is 44.6 Å². The number of carbonyl (C=O) groups excluding carboxylic acids is 1. The van der Waals surface area contributed by atoms with Crippen LogP contribution in [-0.4, -0.2) is 70.9 Å². The highest BCUT2D eigenvalue weighted by Crippen LogP contribution is 2.45. The number of hydrogen-bond acceptors (Lipinski definition) is 4. The van der Waals surface area contributed by atoms with E-state index in [1.54, 1.807) is 0 Å². The van der Waals surface area contributed by atoms with Crippen LogP contribution >= 0.6 is 0 Å². The van der Waals surface area contributed by atoms with Crippen molar-refractivity contribution < 1.29 is 4.79 Å². The molecule has 164 valence electrons. The predicted octanol–water partition coefficient (Wildman–Crippen LogP) is 3.55. The number of rotatable bonds is 4. The van der Waals surface area contributed by atoms with Crippen LogP contribution in [0.4, 0.5) is 0 Å². The summed E-state index contributed by atoms with van der Waals surface area (Å²) in [6, 6.07) is 4.91. The normalized spacial score (nSPS) is 28.4. The highest BCUT2D eigenvalue weighted by molar-refractivity contribution is 5.79. The third kappa shape index (κ3) is 4.43. The largest absolute Gasteiger partial charge is 0.342 e. The van der Waals surface area contributed by atoms with Gasteiger partial charge in [0.15, 0.2) is 0 Å². The molecule has 0 N–H and O–H groups in total. The van der Waals surface area contributed by atoms with E-state index in [4.69, 9.17) is 0 Å². The molecule has 3 saturated heterocycles. The summed E-state index contributed by atoms with van der Waals surface area (Å²) in [4.78, 5) is 24.9.